The van der Waals surface area contributed by atoms with Crippen molar-refractivity contribution in [2.45, 2.75) is 0 Å². The Labute approximate surface area is 186 Å². The fraction of sp³-hybridized carbons (Fsp3) is 0.200. The molecule has 9 nitrogen and oxygen atoms in total. The Hall–Kier alpha value is -3.14. The summed E-state index contributed by atoms with van der Waals surface area (Å²) < 4.78 is 5.29. The van der Waals surface area contributed by atoms with Crippen molar-refractivity contribution in [3.63, 3.8) is 0 Å². The number of anilines is 2. The third-order valence-corrected chi connectivity index (χ3v) is 5.65. The van der Waals surface area contributed by atoms with Crippen molar-refractivity contribution in [2.75, 3.05) is 36.2 Å². The van der Waals surface area contributed by atoms with Crippen LogP contribution in [0.2, 0.25) is 10.0 Å². The summed E-state index contributed by atoms with van der Waals surface area (Å²) in [5.41, 5.74) is 3.36. The van der Waals surface area contributed by atoms with Crippen LogP contribution in [0.15, 0.2) is 42.0 Å². The lowest BCUT2D eigenvalue weighted by Gasteiger charge is -2.28. The van der Waals surface area contributed by atoms with Crippen LogP contribution in [0.4, 0.5) is 17.1 Å². The maximum absolute atomic E-state index is 12.8. The molecule has 0 bridgehead atoms. The predicted octanol–water partition coefficient (Wildman–Crippen LogP) is 3.20. The molecule has 2 amide bonds. The SMILES string of the molecule is O=C1NN(c2ccc(Cl)c(Cl)c2)C(=O)/C1=C/c1ccc(N2CCOCC2)c([N+](=O)[O-])c1. The van der Waals surface area contributed by atoms with Crippen molar-refractivity contribution in [2.24, 2.45) is 0 Å². The van der Waals surface area contributed by atoms with E-state index < -0.39 is 16.7 Å². The normalized spacial score (nSPS) is 17.9. The molecule has 1 N–H and O–H groups in total. The average Bonchev–Trinajstić information content (AvgIpc) is 3.04. The highest BCUT2D eigenvalue weighted by atomic mass is 35.5. The summed E-state index contributed by atoms with van der Waals surface area (Å²) in [5.74, 6) is -1.24. The first-order valence-corrected chi connectivity index (χ1v) is 10.0. The molecule has 160 valence electrons. The number of rotatable bonds is 4. The van der Waals surface area contributed by atoms with Gasteiger partial charge in [-0.2, -0.15) is 0 Å². The van der Waals surface area contributed by atoms with E-state index in [1.165, 1.54) is 30.3 Å². The second-order valence-electron chi connectivity index (χ2n) is 6.84. The second-order valence-corrected chi connectivity index (χ2v) is 7.66. The zero-order valence-corrected chi connectivity index (χ0v) is 17.5. The third kappa shape index (κ3) is 4.20. The number of nitrogens with one attached hydrogen (secondary N) is 1. The smallest absolute Gasteiger partial charge is 0.293 e. The van der Waals surface area contributed by atoms with Gasteiger partial charge in [-0.1, -0.05) is 29.3 Å². The number of hydrogen-bond donors (Lipinski definition) is 1. The van der Waals surface area contributed by atoms with Crippen LogP contribution in [0, 0.1) is 10.1 Å². The van der Waals surface area contributed by atoms with E-state index in [1.807, 2.05) is 4.90 Å². The molecule has 0 radical (unpaired) electrons. The first-order chi connectivity index (χ1) is 14.8. The van der Waals surface area contributed by atoms with E-state index in [0.29, 0.717) is 48.3 Å². The summed E-state index contributed by atoms with van der Waals surface area (Å²) in [5, 5.41) is 13.2. The van der Waals surface area contributed by atoms with Crippen LogP contribution < -0.4 is 15.3 Å². The van der Waals surface area contributed by atoms with E-state index in [9.17, 15) is 19.7 Å². The van der Waals surface area contributed by atoms with Gasteiger partial charge in [0.15, 0.2) is 0 Å². The standard InChI is InChI=1S/C20H16Cl2N4O5/c21-15-3-2-13(11-16(15)22)25-20(28)14(19(27)23-25)9-12-1-4-17(18(10-12)26(29)30)24-5-7-31-8-6-24/h1-4,9-11H,5-8H2,(H,23,27)/b14-9+. The van der Waals surface area contributed by atoms with Crippen LogP contribution >= 0.6 is 23.2 Å². The highest BCUT2D eigenvalue weighted by Crippen LogP contribution is 2.32. The van der Waals surface area contributed by atoms with Gasteiger partial charge < -0.3 is 9.64 Å². The van der Waals surface area contributed by atoms with Gasteiger partial charge in [-0.15, -0.1) is 0 Å². The van der Waals surface area contributed by atoms with Gasteiger partial charge in [0.05, 0.1) is 33.9 Å². The molecule has 0 saturated carbocycles. The summed E-state index contributed by atoms with van der Waals surface area (Å²) in [7, 11) is 0. The second kappa shape index (κ2) is 8.54. The number of nitrogens with zero attached hydrogens (tertiary/aromatic N) is 3. The fourth-order valence-corrected chi connectivity index (χ4v) is 3.67. The number of amides is 2. The van der Waals surface area contributed by atoms with E-state index in [2.05, 4.69) is 5.43 Å². The Morgan fingerprint density at radius 3 is 2.48 bits per heavy atom. The monoisotopic (exact) mass is 462 g/mol. The van der Waals surface area contributed by atoms with Crippen molar-refractivity contribution in [1.29, 1.82) is 0 Å². The van der Waals surface area contributed by atoms with Crippen LogP contribution in [0.3, 0.4) is 0 Å². The van der Waals surface area contributed by atoms with Crippen LogP contribution in [-0.4, -0.2) is 43.0 Å². The zero-order valence-electron chi connectivity index (χ0n) is 16.0. The lowest BCUT2D eigenvalue weighted by molar-refractivity contribution is -0.384. The lowest BCUT2D eigenvalue weighted by atomic mass is 10.1. The quantitative estimate of drug-likeness (QED) is 0.323. The Kier molecular flexibility index (Phi) is 5.81. The molecule has 2 aliphatic heterocycles. The van der Waals surface area contributed by atoms with Gasteiger partial charge in [-0.05, 0) is 35.9 Å². The van der Waals surface area contributed by atoms with E-state index in [1.54, 1.807) is 12.1 Å². The van der Waals surface area contributed by atoms with Gasteiger partial charge in [-0.25, -0.2) is 5.01 Å². The molecule has 0 aromatic heterocycles. The van der Waals surface area contributed by atoms with Crippen LogP contribution in [0.1, 0.15) is 5.56 Å². The van der Waals surface area contributed by atoms with Crippen molar-refractivity contribution in [3.8, 4) is 0 Å². The van der Waals surface area contributed by atoms with Crippen molar-refractivity contribution >= 4 is 58.2 Å². The first kappa shape index (κ1) is 21.1. The van der Waals surface area contributed by atoms with E-state index in [0.717, 1.165) is 5.01 Å². The molecule has 2 aromatic carbocycles. The number of hydrazine groups is 1. The zero-order chi connectivity index (χ0) is 22.1. The minimum atomic E-state index is -0.629. The molecule has 0 spiro atoms. The number of halogens is 2. The molecule has 2 aliphatic rings. The molecule has 2 saturated heterocycles. The summed E-state index contributed by atoms with van der Waals surface area (Å²) in [4.78, 5) is 38.2. The van der Waals surface area contributed by atoms with Crippen molar-refractivity contribution < 1.29 is 19.2 Å². The van der Waals surface area contributed by atoms with E-state index in [-0.39, 0.29) is 16.3 Å². The van der Waals surface area contributed by atoms with Crippen molar-refractivity contribution in [1.82, 2.24) is 5.43 Å². The van der Waals surface area contributed by atoms with Crippen molar-refractivity contribution in [3.05, 3.63) is 67.7 Å². The molecule has 31 heavy (non-hydrogen) atoms. The lowest BCUT2D eigenvalue weighted by Crippen LogP contribution is -2.36. The Morgan fingerprint density at radius 1 is 1.06 bits per heavy atom. The number of benzene rings is 2. The summed E-state index contributed by atoms with van der Waals surface area (Å²) in [6.07, 6.45) is 1.32. The molecule has 4 rings (SSSR count). The van der Waals surface area contributed by atoms with Gasteiger partial charge in [0.2, 0.25) is 0 Å². The molecule has 2 aromatic rings. The van der Waals surface area contributed by atoms with Crippen LogP contribution in [0.25, 0.3) is 6.08 Å². The fourth-order valence-electron chi connectivity index (χ4n) is 3.38. The summed E-state index contributed by atoms with van der Waals surface area (Å²) in [6.45, 7) is 2.06. The topological polar surface area (TPSA) is 105 Å². The number of carbonyl (C=O) groups is 2. The number of nitro benzene ring substituents is 1. The average molecular weight is 463 g/mol. The number of nitro groups is 1. The molecule has 0 aliphatic carbocycles. The highest BCUT2D eigenvalue weighted by Gasteiger charge is 2.35. The first-order valence-electron chi connectivity index (χ1n) is 9.28. The maximum atomic E-state index is 12.8. The largest absolute Gasteiger partial charge is 0.378 e. The Balaban J connectivity index is 1.65. The summed E-state index contributed by atoms with van der Waals surface area (Å²) >= 11 is 11.9. The molecule has 0 unspecified atom stereocenters. The van der Waals surface area contributed by atoms with Gasteiger partial charge in [0, 0.05) is 19.2 Å². The van der Waals surface area contributed by atoms with Gasteiger partial charge in [-0.3, -0.25) is 25.1 Å². The molecule has 2 fully saturated rings. The number of hydrogen-bond acceptors (Lipinski definition) is 6. The van der Waals surface area contributed by atoms with E-state index >= 15 is 0 Å². The molecular weight excluding hydrogens is 447 g/mol. The van der Waals surface area contributed by atoms with Gasteiger partial charge in [0.25, 0.3) is 17.5 Å². The summed E-state index contributed by atoms with van der Waals surface area (Å²) in [6, 6.07) is 9.09. The number of morpholine rings is 1. The predicted molar refractivity (Wildman–Crippen MR) is 116 cm³/mol. The van der Waals surface area contributed by atoms with Crippen LogP contribution in [0.5, 0.6) is 0 Å². The minimum absolute atomic E-state index is 0.108. The minimum Gasteiger partial charge on any atom is -0.378 e. The van der Waals surface area contributed by atoms with Crippen LogP contribution in [-0.2, 0) is 14.3 Å². The molecular formula is C20H16Cl2N4O5. The Bertz CT molecular complexity index is 1110. The highest BCUT2D eigenvalue weighted by molar-refractivity contribution is 6.42. The Morgan fingerprint density at radius 2 is 1.81 bits per heavy atom. The molecule has 11 heteroatoms. The van der Waals surface area contributed by atoms with E-state index in [4.69, 9.17) is 27.9 Å². The third-order valence-electron chi connectivity index (χ3n) is 4.91. The van der Waals surface area contributed by atoms with Gasteiger partial charge >= 0.3 is 0 Å². The van der Waals surface area contributed by atoms with Gasteiger partial charge in [0.1, 0.15) is 11.3 Å². The number of ether oxygens (including phenoxy) is 1. The molecule has 0 atom stereocenters. The maximum Gasteiger partial charge on any atom is 0.293 e. The number of carbonyl (C=O) groups excluding carboxylic acids is 2. The molecule has 2 heterocycles.